The summed E-state index contributed by atoms with van der Waals surface area (Å²) in [6, 6.07) is 5.83. The van der Waals surface area contributed by atoms with Crippen LogP contribution in [0.25, 0.3) is 11.0 Å². The highest BCUT2D eigenvalue weighted by Crippen LogP contribution is 2.30. The number of ether oxygens (including phenoxy) is 6. The second-order valence-corrected chi connectivity index (χ2v) is 11.4. The van der Waals surface area contributed by atoms with Crippen molar-refractivity contribution in [3.8, 4) is 5.75 Å². The molecule has 3 saturated heterocycles. The van der Waals surface area contributed by atoms with E-state index >= 15 is 0 Å². The van der Waals surface area contributed by atoms with E-state index in [1.165, 1.54) is 18.2 Å². The SMILES string of the molecule is Cc1cc(=O)oc2cc(O[C@@H]3O[C@H](CO[C@@H]4O[C@H](CO[C@@H]5O[C@H](CO)[C@@H](O)[C@H](O)[C@@H]5O)[C@@H](O)[C@H](O)[C@H]4O)[C@@H](O)[C@H](O)[C@H]3O)ccc12. The molecule has 1 aromatic carbocycles. The van der Waals surface area contributed by atoms with Gasteiger partial charge in [-0.15, -0.1) is 0 Å². The largest absolute Gasteiger partial charge is 0.462 e. The number of aliphatic hydroxyl groups is 10. The van der Waals surface area contributed by atoms with Crippen LogP contribution in [-0.4, -0.2) is 163 Å². The molecule has 15 atom stereocenters. The molecule has 18 heteroatoms. The summed E-state index contributed by atoms with van der Waals surface area (Å²) >= 11 is 0. The van der Waals surface area contributed by atoms with Crippen molar-refractivity contribution in [1.29, 1.82) is 0 Å². The predicted molar refractivity (Wildman–Crippen MR) is 147 cm³/mol. The first kappa shape index (κ1) is 35.0. The standard InChI is InChI=1S/C28H38O18/c1-9-4-16(30)43-12-5-10(2-3-11(9)12)42-28-25(39)22(36)19(33)15(46-28)8-41-27-24(38)21(35)18(32)14(45-27)7-40-26-23(37)20(34)17(31)13(6-29)44-26/h2-5,13-15,17-29,31-39H,6-8H2,1H3/t13-,14-,15-,17-,18-,19-,20+,21+,22+,23+,24-,25-,26-,27-,28-/m1/s1. The molecule has 0 spiro atoms. The zero-order valence-corrected chi connectivity index (χ0v) is 24.3. The number of hydrogen-bond donors (Lipinski definition) is 10. The molecular formula is C28H38O18. The summed E-state index contributed by atoms with van der Waals surface area (Å²) in [5.41, 5.74) is 0.275. The Labute approximate surface area is 260 Å². The average Bonchev–Trinajstić information content (AvgIpc) is 3.03. The van der Waals surface area contributed by atoms with Gasteiger partial charge in [-0.05, 0) is 24.6 Å². The lowest BCUT2D eigenvalue weighted by Crippen LogP contribution is -2.63. The van der Waals surface area contributed by atoms with Crippen molar-refractivity contribution in [3.63, 3.8) is 0 Å². The molecule has 3 aliphatic heterocycles. The monoisotopic (exact) mass is 662 g/mol. The van der Waals surface area contributed by atoms with Crippen LogP contribution in [0.3, 0.4) is 0 Å². The summed E-state index contributed by atoms with van der Waals surface area (Å²) in [4.78, 5) is 11.8. The number of hydrogen-bond acceptors (Lipinski definition) is 18. The van der Waals surface area contributed by atoms with Crippen molar-refractivity contribution in [1.82, 2.24) is 0 Å². The van der Waals surface area contributed by atoms with Crippen molar-refractivity contribution >= 4 is 11.0 Å². The van der Waals surface area contributed by atoms with Gasteiger partial charge in [-0.1, -0.05) is 0 Å². The van der Waals surface area contributed by atoms with Gasteiger partial charge in [0.1, 0.15) is 84.6 Å². The van der Waals surface area contributed by atoms with Gasteiger partial charge in [-0.2, -0.15) is 0 Å². The van der Waals surface area contributed by atoms with E-state index in [0.717, 1.165) is 0 Å². The van der Waals surface area contributed by atoms with Crippen LogP contribution in [-0.2, 0) is 23.7 Å². The zero-order valence-electron chi connectivity index (χ0n) is 24.3. The van der Waals surface area contributed by atoms with E-state index in [0.29, 0.717) is 10.9 Å². The van der Waals surface area contributed by atoms with E-state index < -0.39 is 118 Å². The lowest BCUT2D eigenvalue weighted by Gasteiger charge is -2.43. The fraction of sp³-hybridized carbons (Fsp3) is 0.679. The van der Waals surface area contributed by atoms with Crippen LogP contribution in [0.1, 0.15) is 5.56 Å². The summed E-state index contributed by atoms with van der Waals surface area (Å²) in [7, 11) is 0. The third-order valence-corrected chi connectivity index (χ3v) is 8.21. The summed E-state index contributed by atoms with van der Waals surface area (Å²) < 4.78 is 38.2. The Bertz CT molecular complexity index is 1370. The van der Waals surface area contributed by atoms with Gasteiger partial charge in [0.2, 0.25) is 6.29 Å². The van der Waals surface area contributed by atoms with E-state index in [9.17, 15) is 55.9 Å². The molecule has 258 valence electrons. The minimum atomic E-state index is -1.83. The minimum absolute atomic E-state index is 0.0962. The van der Waals surface area contributed by atoms with Crippen LogP contribution in [0.5, 0.6) is 5.75 Å². The van der Waals surface area contributed by atoms with E-state index in [2.05, 4.69) is 0 Å². The van der Waals surface area contributed by atoms with Gasteiger partial charge in [0.05, 0.1) is 19.8 Å². The highest BCUT2D eigenvalue weighted by Gasteiger charge is 2.49. The van der Waals surface area contributed by atoms with Crippen LogP contribution in [0.4, 0.5) is 0 Å². The van der Waals surface area contributed by atoms with Gasteiger partial charge in [0.15, 0.2) is 12.6 Å². The maximum absolute atomic E-state index is 11.8. The third kappa shape index (κ3) is 7.06. The molecule has 0 aliphatic carbocycles. The number of rotatable bonds is 9. The average molecular weight is 663 g/mol. The molecule has 1 aromatic heterocycles. The highest BCUT2D eigenvalue weighted by atomic mass is 16.7. The molecule has 3 aliphatic rings. The molecule has 46 heavy (non-hydrogen) atoms. The molecule has 18 nitrogen and oxygen atoms in total. The van der Waals surface area contributed by atoms with Gasteiger partial charge in [0, 0.05) is 17.5 Å². The molecule has 0 amide bonds. The first-order valence-electron chi connectivity index (χ1n) is 14.4. The molecule has 2 aromatic rings. The number of benzene rings is 1. The van der Waals surface area contributed by atoms with Gasteiger partial charge < -0.3 is 83.9 Å². The van der Waals surface area contributed by atoms with Crippen LogP contribution < -0.4 is 10.4 Å². The minimum Gasteiger partial charge on any atom is -0.462 e. The number of aliphatic hydroxyl groups excluding tert-OH is 10. The molecule has 3 fully saturated rings. The summed E-state index contributed by atoms with van der Waals surface area (Å²) in [5, 5.41) is 103. The Morgan fingerprint density at radius 1 is 0.630 bits per heavy atom. The normalized spacial score (nSPS) is 41.8. The molecule has 0 unspecified atom stereocenters. The first-order chi connectivity index (χ1) is 21.8. The van der Waals surface area contributed by atoms with Crippen LogP contribution >= 0.6 is 0 Å². The predicted octanol–water partition coefficient (Wildman–Crippen LogP) is -5.07. The lowest BCUT2D eigenvalue weighted by atomic mass is 9.98. The van der Waals surface area contributed by atoms with Crippen molar-refractivity contribution in [2.75, 3.05) is 19.8 Å². The first-order valence-corrected chi connectivity index (χ1v) is 14.4. The van der Waals surface area contributed by atoms with Gasteiger partial charge >= 0.3 is 5.63 Å². The Hall–Kier alpha value is -2.37. The van der Waals surface area contributed by atoms with Crippen molar-refractivity contribution in [3.05, 3.63) is 40.2 Å². The van der Waals surface area contributed by atoms with Gasteiger partial charge in [-0.3, -0.25) is 0 Å². The van der Waals surface area contributed by atoms with Crippen LogP contribution in [0.2, 0.25) is 0 Å². The van der Waals surface area contributed by atoms with Crippen molar-refractivity contribution < 1.29 is 83.9 Å². The quantitative estimate of drug-likeness (QED) is 0.112. The Kier molecular flexibility index (Phi) is 10.9. The molecule has 0 bridgehead atoms. The Morgan fingerprint density at radius 2 is 1.11 bits per heavy atom. The van der Waals surface area contributed by atoms with Gasteiger partial charge in [-0.25, -0.2) is 4.79 Å². The molecule has 0 radical (unpaired) electrons. The van der Waals surface area contributed by atoms with Crippen LogP contribution in [0.15, 0.2) is 33.5 Å². The Morgan fingerprint density at radius 3 is 1.65 bits per heavy atom. The van der Waals surface area contributed by atoms with Gasteiger partial charge in [0.25, 0.3) is 0 Å². The summed E-state index contributed by atoms with van der Waals surface area (Å²) in [5.74, 6) is 0.0962. The van der Waals surface area contributed by atoms with E-state index in [1.807, 2.05) is 0 Å². The molecule has 5 rings (SSSR count). The summed E-state index contributed by atoms with van der Waals surface area (Å²) in [6.07, 6.45) is -24.6. The fourth-order valence-electron chi connectivity index (χ4n) is 5.44. The summed E-state index contributed by atoms with van der Waals surface area (Å²) in [6.45, 7) is -0.178. The van der Waals surface area contributed by atoms with E-state index in [-0.39, 0.29) is 11.3 Å². The van der Waals surface area contributed by atoms with E-state index in [4.69, 9.17) is 32.8 Å². The fourth-order valence-corrected chi connectivity index (χ4v) is 5.44. The smallest absolute Gasteiger partial charge is 0.336 e. The topological polar surface area (TPSA) is 288 Å². The van der Waals surface area contributed by atoms with Crippen molar-refractivity contribution in [2.24, 2.45) is 0 Å². The lowest BCUT2D eigenvalue weighted by molar-refractivity contribution is -0.339. The van der Waals surface area contributed by atoms with Crippen LogP contribution in [0, 0.1) is 6.92 Å². The molecule has 0 saturated carbocycles. The molecule has 10 N–H and O–H groups in total. The maximum atomic E-state index is 11.8. The van der Waals surface area contributed by atoms with Crippen molar-refractivity contribution in [2.45, 2.75) is 99.0 Å². The molecule has 4 heterocycles. The van der Waals surface area contributed by atoms with E-state index in [1.54, 1.807) is 13.0 Å². The maximum Gasteiger partial charge on any atom is 0.336 e. The highest BCUT2D eigenvalue weighted by molar-refractivity contribution is 5.81. The third-order valence-electron chi connectivity index (χ3n) is 8.21. The number of aryl methyl sites for hydroxylation is 1. The second kappa shape index (κ2) is 14.4. The second-order valence-electron chi connectivity index (χ2n) is 11.4. The Balaban J connectivity index is 1.21. The zero-order chi connectivity index (χ0) is 33.4. The number of fused-ring (bicyclic) bond motifs is 1. The molecular weight excluding hydrogens is 624 g/mol.